The van der Waals surface area contributed by atoms with E-state index in [2.05, 4.69) is 20.3 Å². The van der Waals surface area contributed by atoms with Crippen molar-refractivity contribution in [3.05, 3.63) is 84.8 Å². The van der Waals surface area contributed by atoms with Crippen molar-refractivity contribution in [1.29, 1.82) is 0 Å². The number of nitrogens with zero attached hydrogens (tertiary/aromatic N) is 4. The van der Waals surface area contributed by atoms with Crippen LogP contribution in [-0.4, -0.2) is 48.3 Å². The standard InChI is InChI=1S/C31H36N6O3/c1-24(38)37(30(39)31(12-6-3-7-13-31)35-14-8-16-36-18-15-32-23-36)17-11-26-20-33-28-21-34-29(19-27(26)28)40-22-25-9-4-2-5-10-25/h2,4-5,9-11,15,17-21,23,33,35H,3,6-8,12-14,16,22H2,1H3. The predicted octanol–water partition coefficient (Wildman–Crippen LogP) is 5.07. The van der Waals surface area contributed by atoms with E-state index in [4.69, 9.17) is 4.74 Å². The second kappa shape index (κ2) is 12.7. The molecule has 0 radical (unpaired) electrons. The van der Waals surface area contributed by atoms with Crippen molar-refractivity contribution in [3.63, 3.8) is 0 Å². The number of aromatic nitrogens is 4. The Hall–Kier alpha value is -4.24. The molecular formula is C31H36N6O3. The molecule has 0 unspecified atom stereocenters. The number of carbonyl (C=O) groups excluding carboxylic acids is 2. The number of imidazole rings is 1. The number of hydrogen-bond acceptors (Lipinski definition) is 6. The highest BCUT2D eigenvalue weighted by molar-refractivity contribution is 6.01. The van der Waals surface area contributed by atoms with Gasteiger partial charge in [0.2, 0.25) is 11.8 Å². The number of hydrogen-bond donors (Lipinski definition) is 2. The molecule has 1 fully saturated rings. The van der Waals surface area contributed by atoms with Gasteiger partial charge in [-0.15, -0.1) is 0 Å². The van der Waals surface area contributed by atoms with Crippen LogP contribution in [0.2, 0.25) is 0 Å². The number of pyridine rings is 1. The zero-order chi connectivity index (χ0) is 27.8. The Kier molecular flexibility index (Phi) is 8.71. The number of imide groups is 1. The number of amides is 2. The largest absolute Gasteiger partial charge is 0.473 e. The van der Waals surface area contributed by atoms with Gasteiger partial charge in [0.05, 0.1) is 23.6 Å². The first kappa shape index (κ1) is 27.3. The average Bonchev–Trinajstić information content (AvgIpc) is 3.65. The van der Waals surface area contributed by atoms with Crippen LogP contribution in [-0.2, 0) is 22.7 Å². The highest BCUT2D eigenvalue weighted by Crippen LogP contribution is 2.31. The lowest BCUT2D eigenvalue weighted by Gasteiger charge is -2.39. The van der Waals surface area contributed by atoms with Gasteiger partial charge in [-0.2, -0.15) is 0 Å². The van der Waals surface area contributed by atoms with Crippen LogP contribution in [0.25, 0.3) is 17.0 Å². The number of H-pyrrole nitrogens is 1. The molecule has 0 saturated heterocycles. The summed E-state index contributed by atoms with van der Waals surface area (Å²) in [5, 5.41) is 4.45. The summed E-state index contributed by atoms with van der Waals surface area (Å²) in [7, 11) is 0. The first-order valence-corrected chi connectivity index (χ1v) is 13.9. The number of benzene rings is 1. The Bertz CT molecular complexity index is 1440. The number of aryl methyl sites for hydroxylation is 1. The van der Waals surface area contributed by atoms with E-state index in [-0.39, 0.29) is 11.8 Å². The lowest BCUT2D eigenvalue weighted by molar-refractivity contribution is -0.145. The fraction of sp³-hybridized carbons (Fsp3) is 0.355. The van der Waals surface area contributed by atoms with E-state index in [0.717, 1.165) is 67.1 Å². The number of fused-ring (bicyclic) bond motifs is 1. The number of nitrogens with one attached hydrogen (secondary N) is 2. The molecular weight excluding hydrogens is 504 g/mol. The molecule has 0 aliphatic heterocycles. The molecule has 2 N–H and O–H groups in total. The van der Waals surface area contributed by atoms with Crippen LogP contribution in [0, 0.1) is 0 Å². The van der Waals surface area contributed by atoms with E-state index in [1.54, 1.807) is 31.0 Å². The van der Waals surface area contributed by atoms with E-state index in [1.165, 1.54) is 11.8 Å². The molecule has 4 aromatic rings. The zero-order valence-corrected chi connectivity index (χ0v) is 22.9. The maximum atomic E-state index is 13.9. The molecule has 1 aliphatic carbocycles. The first-order chi connectivity index (χ1) is 19.5. The van der Waals surface area contributed by atoms with E-state index >= 15 is 0 Å². The molecule has 3 aromatic heterocycles. The molecule has 9 nitrogen and oxygen atoms in total. The van der Waals surface area contributed by atoms with Gasteiger partial charge in [0.25, 0.3) is 5.91 Å². The fourth-order valence-electron chi connectivity index (χ4n) is 5.30. The third-order valence-electron chi connectivity index (χ3n) is 7.50. The van der Waals surface area contributed by atoms with Crippen LogP contribution in [0.3, 0.4) is 0 Å². The molecule has 0 bridgehead atoms. The van der Waals surface area contributed by atoms with Crippen LogP contribution < -0.4 is 10.1 Å². The highest BCUT2D eigenvalue weighted by Gasteiger charge is 2.42. The second-order valence-electron chi connectivity index (χ2n) is 10.3. The average molecular weight is 541 g/mol. The van der Waals surface area contributed by atoms with Gasteiger partial charge in [-0.3, -0.25) is 14.5 Å². The fourth-order valence-corrected chi connectivity index (χ4v) is 5.30. The lowest BCUT2D eigenvalue weighted by Crippen LogP contribution is -2.59. The van der Waals surface area contributed by atoms with Crippen molar-refractivity contribution in [2.24, 2.45) is 0 Å². The van der Waals surface area contributed by atoms with Crippen LogP contribution >= 0.6 is 0 Å². The van der Waals surface area contributed by atoms with Crippen molar-refractivity contribution >= 4 is 28.8 Å². The summed E-state index contributed by atoms with van der Waals surface area (Å²) in [5.74, 6) is 0.0120. The first-order valence-electron chi connectivity index (χ1n) is 13.9. The Labute approximate surface area is 234 Å². The summed E-state index contributed by atoms with van der Waals surface area (Å²) in [6.07, 6.45) is 17.8. The van der Waals surface area contributed by atoms with Gasteiger partial charge in [-0.25, -0.2) is 9.97 Å². The molecule has 1 saturated carbocycles. The minimum Gasteiger partial charge on any atom is -0.473 e. The van der Waals surface area contributed by atoms with Gasteiger partial charge in [0.1, 0.15) is 6.61 Å². The number of aromatic amines is 1. The normalized spacial score (nSPS) is 14.9. The van der Waals surface area contributed by atoms with Crippen molar-refractivity contribution in [2.75, 3.05) is 6.54 Å². The van der Waals surface area contributed by atoms with E-state index in [9.17, 15) is 9.59 Å². The minimum atomic E-state index is -0.744. The van der Waals surface area contributed by atoms with Gasteiger partial charge in [-0.05, 0) is 37.4 Å². The minimum absolute atomic E-state index is 0.188. The summed E-state index contributed by atoms with van der Waals surface area (Å²) >= 11 is 0. The maximum Gasteiger partial charge on any atom is 0.253 e. The van der Waals surface area contributed by atoms with Crippen molar-refractivity contribution in [1.82, 2.24) is 29.7 Å². The number of ether oxygens (including phenoxy) is 1. The predicted molar refractivity (Wildman–Crippen MR) is 154 cm³/mol. The van der Waals surface area contributed by atoms with E-state index in [0.29, 0.717) is 19.0 Å². The molecule has 5 rings (SSSR count). The van der Waals surface area contributed by atoms with Crippen LogP contribution in [0.4, 0.5) is 0 Å². The monoisotopic (exact) mass is 540 g/mol. The molecule has 9 heteroatoms. The van der Waals surface area contributed by atoms with Crippen LogP contribution in [0.15, 0.2) is 73.7 Å². The third kappa shape index (κ3) is 6.48. The van der Waals surface area contributed by atoms with Gasteiger partial charge < -0.3 is 19.6 Å². The lowest BCUT2D eigenvalue weighted by atomic mass is 9.80. The highest BCUT2D eigenvalue weighted by atomic mass is 16.5. The van der Waals surface area contributed by atoms with Gasteiger partial charge in [0, 0.05) is 55.3 Å². The van der Waals surface area contributed by atoms with Gasteiger partial charge in [0.15, 0.2) is 0 Å². The molecule has 1 aromatic carbocycles. The van der Waals surface area contributed by atoms with Crippen LogP contribution in [0.1, 0.15) is 56.6 Å². The maximum absolute atomic E-state index is 13.9. The Morgan fingerprint density at radius 3 is 2.77 bits per heavy atom. The number of carbonyl (C=O) groups is 2. The van der Waals surface area contributed by atoms with Gasteiger partial charge >= 0.3 is 0 Å². The topological polar surface area (TPSA) is 105 Å². The molecule has 1 aliphatic rings. The Balaban J connectivity index is 1.30. The summed E-state index contributed by atoms with van der Waals surface area (Å²) in [4.78, 5) is 39.6. The third-order valence-corrected chi connectivity index (χ3v) is 7.50. The number of rotatable bonds is 11. The van der Waals surface area contributed by atoms with Crippen LogP contribution in [0.5, 0.6) is 5.88 Å². The summed E-state index contributed by atoms with van der Waals surface area (Å²) < 4.78 is 7.93. The van der Waals surface area contributed by atoms with Crippen molar-refractivity contribution < 1.29 is 14.3 Å². The van der Waals surface area contributed by atoms with E-state index in [1.807, 2.05) is 53.4 Å². The molecule has 0 spiro atoms. The Morgan fingerprint density at radius 2 is 2.02 bits per heavy atom. The zero-order valence-electron chi connectivity index (χ0n) is 22.9. The molecule has 2 amide bonds. The Morgan fingerprint density at radius 1 is 1.20 bits per heavy atom. The van der Waals surface area contributed by atoms with Crippen molar-refractivity contribution in [3.8, 4) is 5.88 Å². The molecule has 40 heavy (non-hydrogen) atoms. The van der Waals surface area contributed by atoms with Gasteiger partial charge in [-0.1, -0.05) is 49.6 Å². The molecule has 208 valence electrons. The summed E-state index contributed by atoms with van der Waals surface area (Å²) in [6.45, 7) is 3.35. The quantitative estimate of drug-likeness (QED) is 0.258. The summed E-state index contributed by atoms with van der Waals surface area (Å²) in [6, 6.07) is 11.8. The molecule has 3 heterocycles. The summed E-state index contributed by atoms with van der Waals surface area (Å²) in [5.41, 5.74) is 2.00. The van der Waals surface area contributed by atoms with E-state index < -0.39 is 5.54 Å². The SMILES string of the molecule is CC(=O)N(C=Cc1c[nH]c2cnc(OCc3ccccc3)cc12)C(=O)C1(NCCCn2ccnc2)CCCCC1. The smallest absolute Gasteiger partial charge is 0.253 e. The molecule has 0 atom stereocenters. The second-order valence-corrected chi connectivity index (χ2v) is 10.3. The van der Waals surface area contributed by atoms with Crippen molar-refractivity contribution in [2.45, 2.75) is 64.1 Å².